The van der Waals surface area contributed by atoms with Gasteiger partial charge in [-0.05, 0) is 54.5 Å². The van der Waals surface area contributed by atoms with Crippen molar-refractivity contribution in [2.75, 3.05) is 10.2 Å². The minimum atomic E-state index is -1.37. The Hall–Kier alpha value is -4.55. The van der Waals surface area contributed by atoms with Crippen molar-refractivity contribution in [1.29, 1.82) is 0 Å². The lowest BCUT2D eigenvalue weighted by molar-refractivity contribution is -0.121. The molecular formula is C33H24ClN3O3. The van der Waals surface area contributed by atoms with Crippen LogP contribution in [0.3, 0.4) is 0 Å². The number of fused-ring (bicyclic) bond motifs is 6. The van der Waals surface area contributed by atoms with Gasteiger partial charge in [0.05, 0.1) is 17.0 Å². The lowest BCUT2D eigenvalue weighted by atomic mass is 9.64. The van der Waals surface area contributed by atoms with Crippen LogP contribution in [0, 0.1) is 5.92 Å². The van der Waals surface area contributed by atoms with Crippen molar-refractivity contribution in [2.45, 2.75) is 24.4 Å². The molecule has 0 saturated carbocycles. The van der Waals surface area contributed by atoms with E-state index in [1.165, 1.54) is 0 Å². The number of amides is 1. The van der Waals surface area contributed by atoms with E-state index < -0.39 is 23.4 Å². The Labute approximate surface area is 236 Å². The Balaban J connectivity index is 1.57. The first-order chi connectivity index (χ1) is 19.4. The first kappa shape index (κ1) is 24.5. The molecule has 0 bridgehead atoms. The minimum absolute atomic E-state index is 0.294. The smallest absolute Gasteiger partial charge is 0.238 e. The van der Waals surface area contributed by atoms with Crippen molar-refractivity contribution in [3.63, 3.8) is 0 Å². The summed E-state index contributed by atoms with van der Waals surface area (Å²) in [5.74, 6) is -1.95. The van der Waals surface area contributed by atoms with Crippen molar-refractivity contribution in [1.82, 2.24) is 4.98 Å². The maximum Gasteiger partial charge on any atom is 0.238 e. The molecule has 3 aromatic carbocycles. The first-order valence-electron chi connectivity index (χ1n) is 13.1. The van der Waals surface area contributed by atoms with Crippen LogP contribution in [0.5, 0.6) is 0 Å². The fourth-order valence-electron chi connectivity index (χ4n) is 6.90. The van der Waals surface area contributed by atoms with Gasteiger partial charge in [0, 0.05) is 40.5 Å². The quantitative estimate of drug-likeness (QED) is 0.319. The molecule has 3 aliphatic heterocycles. The molecule has 1 spiro atoms. The molecule has 1 saturated heterocycles. The van der Waals surface area contributed by atoms with Gasteiger partial charge in [0.1, 0.15) is 11.5 Å². The number of Topliss-reactive ketones (excluding diaryl/α,β-unsaturated/α-hetero) is 2. The third-order valence-electron chi connectivity index (χ3n) is 8.54. The number of para-hydroxylation sites is 2. The van der Waals surface area contributed by atoms with Crippen molar-refractivity contribution in [3.05, 3.63) is 131 Å². The minimum Gasteiger partial charge on any atom is -0.352 e. The number of pyridine rings is 1. The summed E-state index contributed by atoms with van der Waals surface area (Å²) in [6.07, 6.45) is 5.14. The van der Waals surface area contributed by atoms with Crippen molar-refractivity contribution in [2.24, 2.45) is 5.92 Å². The predicted octanol–water partition coefficient (Wildman–Crippen LogP) is 5.98. The van der Waals surface area contributed by atoms with Gasteiger partial charge < -0.3 is 10.2 Å². The zero-order valence-electron chi connectivity index (χ0n) is 21.5. The second-order valence-electron chi connectivity index (χ2n) is 10.5. The molecule has 0 radical (unpaired) electrons. The Morgan fingerprint density at radius 1 is 0.900 bits per heavy atom. The fraction of sp³-hybridized carbons (Fsp3) is 0.152. The van der Waals surface area contributed by atoms with Crippen LogP contribution in [0.15, 0.2) is 103 Å². The van der Waals surface area contributed by atoms with Gasteiger partial charge >= 0.3 is 0 Å². The summed E-state index contributed by atoms with van der Waals surface area (Å²) in [7, 11) is 0. The monoisotopic (exact) mass is 545 g/mol. The highest BCUT2D eigenvalue weighted by Gasteiger charge is 2.70. The summed E-state index contributed by atoms with van der Waals surface area (Å²) < 4.78 is 0. The summed E-state index contributed by atoms with van der Waals surface area (Å²) in [6, 6.07) is 23.8. The molecular weight excluding hydrogens is 522 g/mol. The molecule has 3 aliphatic rings. The standard InChI is InChI=1S/C33H24ClN3O3/c1-19-18-27-33(23-10-4-6-12-25(23)36-32(33)40)28(30(38)20-14-16-35-17-15-20)29(31(39)22-9-2-5-11-24(22)34)37(27)26-13-7-3-8-21(19)26/h2-18,27-29H,1H3,(H,36,40)/t27-,28+,29-,33+/m0/s1. The van der Waals surface area contributed by atoms with E-state index in [0.29, 0.717) is 27.4 Å². The predicted molar refractivity (Wildman–Crippen MR) is 155 cm³/mol. The third-order valence-corrected chi connectivity index (χ3v) is 8.87. The number of rotatable bonds is 4. The molecule has 0 unspecified atom stereocenters. The van der Waals surface area contributed by atoms with Gasteiger partial charge in [-0.3, -0.25) is 19.4 Å². The first-order valence-corrected chi connectivity index (χ1v) is 13.5. The van der Waals surface area contributed by atoms with Gasteiger partial charge in [-0.1, -0.05) is 66.2 Å². The summed E-state index contributed by atoms with van der Waals surface area (Å²) in [5, 5.41) is 3.35. The summed E-state index contributed by atoms with van der Waals surface area (Å²) >= 11 is 6.58. The fourth-order valence-corrected chi connectivity index (χ4v) is 7.13. The summed E-state index contributed by atoms with van der Waals surface area (Å²) in [4.78, 5) is 49.8. The molecule has 40 heavy (non-hydrogen) atoms. The number of carbonyl (C=O) groups is 3. The second-order valence-corrected chi connectivity index (χ2v) is 10.9. The van der Waals surface area contributed by atoms with Crippen molar-refractivity contribution >= 4 is 46.0 Å². The van der Waals surface area contributed by atoms with Crippen molar-refractivity contribution in [3.8, 4) is 0 Å². The number of nitrogens with zero attached hydrogens (tertiary/aromatic N) is 2. The van der Waals surface area contributed by atoms with Gasteiger partial charge in [-0.2, -0.15) is 0 Å². The maximum atomic E-state index is 14.7. The van der Waals surface area contributed by atoms with Crippen LogP contribution in [0.4, 0.5) is 11.4 Å². The van der Waals surface area contributed by atoms with Crippen LogP contribution < -0.4 is 10.2 Å². The van der Waals surface area contributed by atoms with Crippen LogP contribution in [-0.2, 0) is 10.2 Å². The van der Waals surface area contributed by atoms with E-state index in [1.54, 1.807) is 48.8 Å². The lowest BCUT2D eigenvalue weighted by Crippen LogP contribution is -2.51. The number of hydrogen-bond donors (Lipinski definition) is 1. The Bertz CT molecular complexity index is 1750. The van der Waals surface area contributed by atoms with Crippen LogP contribution in [0.25, 0.3) is 5.57 Å². The van der Waals surface area contributed by atoms with E-state index in [9.17, 15) is 14.4 Å². The number of allylic oxidation sites excluding steroid dienone is 1. The van der Waals surface area contributed by atoms with Crippen LogP contribution in [0.1, 0.15) is 38.8 Å². The highest BCUT2D eigenvalue weighted by Crippen LogP contribution is 2.58. The number of aromatic nitrogens is 1. The zero-order valence-corrected chi connectivity index (χ0v) is 22.3. The topological polar surface area (TPSA) is 79.4 Å². The largest absolute Gasteiger partial charge is 0.352 e. The number of hydrogen-bond acceptors (Lipinski definition) is 5. The average molecular weight is 546 g/mol. The molecule has 1 N–H and O–H groups in total. The number of carbonyl (C=O) groups excluding carboxylic acids is 3. The molecule has 4 heterocycles. The second kappa shape index (κ2) is 9.00. The summed E-state index contributed by atoms with van der Waals surface area (Å²) in [5.41, 5.74) is 3.43. The Morgan fingerprint density at radius 3 is 2.40 bits per heavy atom. The number of nitrogens with one attached hydrogen (secondary N) is 1. The maximum absolute atomic E-state index is 14.7. The van der Waals surface area contributed by atoms with Crippen LogP contribution in [0.2, 0.25) is 5.02 Å². The molecule has 1 amide bonds. The number of halogens is 1. The van der Waals surface area contributed by atoms with E-state index >= 15 is 0 Å². The Morgan fingerprint density at radius 2 is 1.60 bits per heavy atom. The highest BCUT2D eigenvalue weighted by atomic mass is 35.5. The highest BCUT2D eigenvalue weighted by molar-refractivity contribution is 6.34. The third kappa shape index (κ3) is 3.23. The van der Waals surface area contributed by atoms with E-state index in [0.717, 1.165) is 16.8 Å². The molecule has 7 heteroatoms. The molecule has 196 valence electrons. The van der Waals surface area contributed by atoms with E-state index in [1.807, 2.05) is 66.4 Å². The van der Waals surface area contributed by atoms with E-state index in [4.69, 9.17) is 11.6 Å². The number of benzene rings is 3. The molecule has 4 aromatic rings. The molecule has 4 atom stereocenters. The van der Waals surface area contributed by atoms with Crippen LogP contribution in [-0.4, -0.2) is 34.5 Å². The van der Waals surface area contributed by atoms with Crippen molar-refractivity contribution < 1.29 is 14.4 Å². The lowest BCUT2D eigenvalue weighted by Gasteiger charge is -2.39. The molecule has 1 aromatic heterocycles. The SMILES string of the molecule is CC1=C[C@@H]2N(c3ccccc31)[C@H](C(=O)c1ccccc1Cl)[C@H](C(=O)c1ccncc1)[C@]21C(=O)Nc2ccccc21. The Kier molecular flexibility index (Phi) is 5.51. The number of anilines is 2. The van der Waals surface area contributed by atoms with Crippen LogP contribution >= 0.6 is 11.6 Å². The van der Waals surface area contributed by atoms with E-state index in [2.05, 4.69) is 10.3 Å². The summed E-state index contributed by atoms with van der Waals surface area (Å²) in [6.45, 7) is 2.01. The molecule has 0 aliphatic carbocycles. The van der Waals surface area contributed by atoms with Gasteiger partial charge in [-0.15, -0.1) is 0 Å². The van der Waals surface area contributed by atoms with Gasteiger partial charge in [-0.25, -0.2) is 0 Å². The zero-order chi connectivity index (χ0) is 27.6. The molecule has 7 rings (SSSR count). The van der Waals surface area contributed by atoms with Gasteiger partial charge in [0.2, 0.25) is 5.91 Å². The number of ketones is 2. The average Bonchev–Trinajstić information content (AvgIpc) is 3.45. The van der Waals surface area contributed by atoms with E-state index in [-0.39, 0.29) is 17.5 Å². The molecule has 1 fully saturated rings. The normalized spacial score (nSPS) is 24.1. The van der Waals surface area contributed by atoms with Gasteiger partial charge in [0.25, 0.3) is 0 Å². The molecule has 6 nitrogen and oxygen atoms in total. The van der Waals surface area contributed by atoms with Gasteiger partial charge in [0.15, 0.2) is 11.6 Å².